The van der Waals surface area contributed by atoms with Gasteiger partial charge in [-0.1, -0.05) is 38.0 Å². The van der Waals surface area contributed by atoms with Gasteiger partial charge in [-0.05, 0) is 61.4 Å². The van der Waals surface area contributed by atoms with Crippen LogP contribution in [0.2, 0.25) is 0 Å². The summed E-state index contributed by atoms with van der Waals surface area (Å²) in [4.78, 5) is 2.55. The lowest BCUT2D eigenvalue weighted by Gasteiger charge is -2.46. The molecule has 1 aromatic carbocycles. The van der Waals surface area contributed by atoms with Crippen LogP contribution in [-0.2, 0) is 13.0 Å². The van der Waals surface area contributed by atoms with Gasteiger partial charge < -0.3 is 10.0 Å². The van der Waals surface area contributed by atoms with Gasteiger partial charge >= 0.3 is 0 Å². The summed E-state index contributed by atoms with van der Waals surface area (Å²) < 4.78 is 0. The third kappa shape index (κ3) is 2.40. The van der Waals surface area contributed by atoms with Gasteiger partial charge in [0.15, 0.2) is 0 Å². The molecule has 0 spiro atoms. The summed E-state index contributed by atoms with van der Waals surface area (Å²) in [5.41, 5.74) is 4.15. The molecule has 3 atom stereocenters. The Kier molecular flexibility index (Phi) is 4.13. The zero-order valence-electron chi connectivity index (χ0n) is 12.8. The molecule has 0 heterocycles. The van der Waals surface area contributed by atoms with Crippen molar-refractivity contribution >= 4 is 0 Å². The van der Waals surface area contributed by atoms with E-state index in [1.807, 2.05) is 0 Å². The summed E-state index contributed by atoms with van der Waals surface area (Å²) in [5.74, 6) is 1.54. The van der Waals surface area contributed by atoms with Crippen molar-refractivity contribution in [1.82, 2.24) is 4.90 Å². The van der Waals surface area contributed by atoms with E-state index in [1.165, 1.54) is 37.7 Å². The van der Waals surface area contributed by atoms with E-state index < -0.39 is 0 Å². The number of fused-ring (bicyclic) bond motifs is 3. The van der Waals surface area contributed by atoms with Gasteiger partial charge in [0.25, 0.3) is 0 Å². The summed E-state index contributed by atoms with van der Waals surface area (Å²) in [7, 11) is 2.28. The predicted molar refractivity (Wildman–Crippen MR) is 82.9 cm³/mol. The first-order chi connectivity index (χ1) is 9.74. The molecule has 1 unspecified atom stereocenters. The molecule has 0 aromatic heterocycles. The maximum absolute atomic E-state index is 9.41. The number of nitrogens with zero attached hydrogens (tertiary/aromatic N) is 1. The Labute approximate surface area is 122 Å². The summed E-state index contributed by atoms with van der Waals surface area (Å²) in [6.07, 6.45) is 6.66. The molecule has 0 aliphatic heterocycles. The van der Waals surface area contributed by atoms with Crippen LogP contribution in [0.15, 0.2) is 18.2 Å². The molecule has 110 valence electrons. The highest BCUT2D eigenvalue weighted by Crippen LogP contribution is 2.46. The van der Waals surface area contributed by atoms with Crippen molar-refractivity contribution in [3.05, 3.63) is 34.9 Å². The Hall–Kier alpha value is -0.860. The van der Waals surface area contributed by atoms with E-state index in [1.54, 1.807) is 5.56 Å². The molecule has 2 nitrogen and oxygen atoms in total. The Morgan fingerprint density at radius 3 is 2.80 bits per heavy atom. The van der Waals surface area contributed by atoms with Gasteiger partial charge in [0.05, 0.1) is 6.61 Å². The van der Waals surface area contributed by atoms with Crippen molar-refractivity contribution < 1.29 is 5.11 Å². The molecule has 3 rings (SSSR count). The van der Waals surface area contributed by atoms with E-state index in [0.717, 1.165) is 23.9 Å². The van der Waals surface area contributed by atoms with E-state index in [0.29, 0.717) is 6.04 Å². The summed E-state index contributed by atoms with van der Waals surface area (Å²) in [6.45, 7) is 3.57. The van der Waals surface area contributed by atoms with Crippen LogP contribution < -0.4 is 0 Å². The zero-order chi connectivity index (χ0) is 14.1. The van der Waals surface area contributed by atoms with Crippen molar-refractivity contribution in [2.75, 3.05) is 13.6 Å². The number of benzene rings is 1. The summed E-state index contributed by atoms with van der Waals surface area (Å²) in [6, 6.07) is 7.35. The average molecular weight is 273 g/mol. The van der Waals surface area contributed by atoms with Crippen molar-refractivity contribution in [2.24, 2.45) is 5.92 Å². The molecule has 1 saturated carbocycles. The molecule has 1 N–H and O–H groups in total. The third-order valence-electron chi connectivity index (χ3n) is 5.60. The van der Waals surface area contributed by atoms with Crippen LogP contribution in [0.4, 0.5) is 0 Å². The molecule has 0 bridgehead atoms. The van der Waals surface area contributed by atoms with E-state index in [-0.39, 0.29) is 6.61 Å². The second-order valence-electron chi connectivity index (χ2n) is 6.59. The number of rotatable bonds is 3. The van der Waals surface area contributed by atoms with Crippen molar-refractivity contribution in [3.8, 4) is 0 Å². The molecule has 0 radical (unpaired) electrons. The van der Waals surface area contributed by atoms with Crippen LogP contribution in [0.5, 0.6) is 0 Å². The van der Waals surface area contributed by atoms with Crippen LogP contribution in [0.3, 0.4) is 0 Å². The van der Waals surface area contributed by atoms with E-state index in [2.05, 4.69) is 37.1 Å². The largest absolute Gasteiger partial charge is 0.392 e. The fraction of sp³-hybridized carbons (Fsp3) is 0.667. The Balaban J connectivity index is 1.98. The lowest BCUT2D eigenvalue weighted by atomic mass is 9.65. The highest BCUT2D eigenvalue weighted by molar-refractivity contribution is 5.38. The number of likely N-dealkylation sites (N-methyl/N-ethyl adjacent to an activating group) is 1. The summed E-state index contributed by atoms with van der Waals surface area (Å²) in [5, 5.41) is 9.41. The zero-order valence-corrected chi connectivity index (χ0v) is 12.8. The Bertz CT molecular complexity index is 470. The minimum Gasteiger partial charge on any atom is -0.392 e. The van der Waals surface area contributed by atoms with Gasteiger partial charge in [-0.15, -0.1) is 0 Å². The van der Waals surface area contributed by atoms with E-state index in [4.69, 9.17) is 0 Å². The molecule has 2 aliphatic carbocycles. The van der Waals surface area contributed by atoms with Crippen LogP contribution >= 0.6 is 0 Å². The average Bonchev–Trinajstić information content (AvgIpc) is 2.52. The smallest absolute Gasteiger partial charge is 0.0681 e. The number of aliphatic hydroxyl groups is 1. The van der Waals surface area contributed by atoms with Gasteiger partial charge in [0, 0.05) is 6.04 Å². The molecule has 2 heteroatoms. The van der Waals surface area contributed by atoms with Crippen LogP contribution in [0.25, 0.3) is 0 Å². The monoisotopic (exact) mass is 273 g/mol. The molecule has 1 aromatic rings. The maximum atomic E-state index is 9.41. The lowest BCUT2D eigenvalue weighted by Crippen LogP contribution is -2.46. The quantitative estimate of drug-likeness (QED) is 0.913. The highest BCUT2D eigenvalue weighted by atomic mass is 16.3. The second kappa shape index (κ2) is 5.87. The van der Waals surface area contributed by atoms with Crippen molar-refractivity contribution in [2.45, 2.75) is 57.6 Å². The second-order valence-corrected chi connectivity index (χ2v) is 6.59. The minimum atomic E-state index is 0.170. The van der Waals surface area contributed by atoms with Gasteiger partial charge in [-0.2, -0.15) is 0 Å². The van der Waals surface area contributed by atoms with E-state index >= 15 is 0 Å². The van der Waals surface area contributed by atoms with Gasteiger partial charge in [-0.3, -0.25) is 0 Å². The fourth-order valence-corrected chi connectivity index (χ4v) is 4.37. The molecular formula is C18H27NO. The first-order valence-electron chi connectivity index (χ1n) is 8.17. The third-order valence-corrected chi connectivity index (χ3v) is 5.60. The number of hydrogen-bond donors (Lipinski definition) is 1. The van der Waals surface area contributed by atoms with Crippen molar-refractivity contribution in [1.29, 1.82) is 0 Å². The van der Waals surface area contributed by atoms with E-state index in [9.17, 15) is 5.11 Å². The Morgan fingerprint density at radius 2 is 2.05 bits per heavy atom. The van der Waals surface area contributed by atoms with Crippen LogP contribution in [0.1, 0.15) is 55.2 Å². The normalized spacial score (nSPS) is 29.1. The summed E-state index contributed by atoms with van der Waals surface area (Å²) >= 11 is 0. The van der Waals surface area contributed by atoms with Crippen LogP contribution in [-0.4, -0.2) is 29.6 Å². The molecular weight excluding hydrogens is 246 g/mol. The fourth-order valence-electron chi connectivity index (χ4n) is 4.37. The topological polar surface area (TPSA) is 23.5 Å². The van der Waals surface area contributed by atoms with Crippen molar-refractivity contribution in [3.63, 3.8) is 0 Å². The number of hydrogen-bond acceptors (Lipinski definition) is 2. The first-order valence-corrected chi connectivity index (χ1v) is 8.17. The number of aliphatic hydroxyl groups excluding tert-OH is 1. The van der Waals surface area contributed by atoms with Crippen LogP contribution in [0, 0.1) is 5.92 Å². The maximum Gasteiger partial charge on any atom is 0.0681 e. The molecule has 2 aliphatic rings. The molecule has 0 amide bonds. The molecule has 1 fully saturated rings. The minimum absolute atomic E-state index is 0.170. The Morgan fingerprint density at radius 1 is 1.25 bits per heavy atom. The molecule has 20 heavy (non-hydrogen) atoms. The standard InChI is InChI=1S/C18H27NO/c1-3-19(2)18-11-14-9-8-13(12-20)10-17(14)15-6-4-5-7-16(15)18/h8-10,15-16,18,20H,3-7,11-12H2,1-2H3/t15?,16-,18-/m0/s1. The first kappa shape index (κ1) is 14.1. The predicted octanol–water partition coefficient (Wildman–Crippen LogP) is 3.33. The SMILES string of the molecule is CCN(C)[C@H]1Cc2ccc(CO)cc2C2CCCC[C@@H]21. The molecule has 0 saturated heterocycles. The highest BCUT2D eigenvalue weighted by Gasteiger charge is 2.39. The lowest BCUT2D eigenvalue weighted by molar-refractivity contribution is 0.119. The van der Waals surface area contributed by atoms with Gasteiger partial charge in [0.2, 0.25) is 0 Å². The van der Waals surface area contributed by atoms with Gasteiger partial charge in [-0.25, -0.2) is 0 Å². The van der Waals surface area contributed by atoms with Gasteiger partial charge in [0.1, 0.15) is 0 Å².